The second-order valence-corrected chi connectivity index (χ2v) is 10.8. The van der Waals surface area contributed by atoms with Gasteiger partial charge in [0.25, 0.3) is 0 Å². The fourth-order valence-electron chi connectivity index (χ4n) is 5.45. The van der Waals surface area contributed by atoms with Crippen molar-refractivity contribution < 1.29 is 0 Å². The molecular weight excluding hydrogens is 559 g/mol. The number of hydrogen-bond donors (Lipinski definition) is 1. The standard InChI is InChI=1S/C21H20Cl2N4.C11H16.2C2H6/c1-13(14-4-5-20-18(7-14)16(9-24)10-25-20)15-3-2-6-27(12-15)21-19(23)8-17(22)11-26-21;1-4-10-7-6-8-11(5-2)9(10)3;2*1-2/h4,7-8,10-11,20,25H,2-3,5-6,12H2,1H3;6-8H,4-5H2,1-3H3;2*1-2H3/b15-13-;;;. The summed E-state index contributed by atoms with van der Waals surface area (Å²) in [5.41, 5.74) is 10.2. The van der Waals surface area contributed by atoms with Crippen LogP contribution in [0, 0.1) is 18.3 Å². The number of piperidine rings is 1. The Morgan fingerprint density at radius 2 is 1.79 bits per heavy atom. The Kier molecular flexibility index (Phi) is 15.0. The van der Waals surface area contributed by atoms with Gasteiger partial charge in [0.1, 0.15) is 11.9 Å². The molecule has 1 atom stereocenters. The van der Waals surface area contributed by atoms with Gasteiger partial charge in [-0.2, -0.15) is 5.26 Å². The summed E-state index contributed by atoms with van der Waals surface area (Å²) in [6, 6.07) is 10.9. The summed E-state index contributed by atoms with van der Waals surface area (Å²) in [4.78, 5) is 6.65. The van der Waals surface area contributed by atoms with Crippen LogP contribution in [0.15, 0.2) is 76.7 Å². The number of fused-ring (bicyclic) bond motifs is 1. The molecule has 0 saturated carbocycles. The fourth-order valence-corrected chi connectivity index (χ4v) is 5.95. The lowest BCUT2D eigenvalue weighted by molar-refractivity contribution is 0.663. The van der Waals surface area contributed by atoms with Crippen LogP contribution in [-0.4, -0.2) is 24.1 Å². The summed E-state index contributed by atoms with van der Waals surface area (Å²) in [7, 11) is 0. The number of allylic oxidation sites excluding steroid dienone is 3. The summed E-state index contributed by atoms with van der Waals surface area (Å²) >= 11 is 12.3. The molecule has 1 aliphatic carbocycles. The van der Waals surface area contributed by atoms with Gasteiger partial charge in [-0.1, -0.05) is 89.0 Å². The summed E-state index contributed by atoms with van der Waals surface area (Å²) in [5.74, 6) is 0.789. The first kappa shape index (κ1) is 35.2. The van der Waals surface area contributed by atoms with E-state index in [1.54, 1.807) is 12.3 Å². The third-order valence-corrected chi connectivity index (χ3v) is 8.26. The molecule has 6 heteroatoms. The highest BCUT2D eigenvalue weighted by atomic mass is 35.5. The van der Waals surface area contributed by atoms with Crippen molar-refractivity contribution in [3.8, 4) is 6.07 Å². The molecule has 0 radical (unpaired) electrons. The summed E-state index contributed by atoms with van der Waals surface area (Å²) in [6.07, 6.45) is 13.2. The minimum Gasteiger partial charge on any atom is -0.383 e. The van der Waals surface area contributed by atoms with Crippen molar-refractivity contribution in [1.29, 1.82) is 5.26 Å². The molecule has 1 aromatic carbocycles. The van der Waals surface area contributed by atoms with Gasteiger partial charge in [-0.15, -0.1) is 0 Å². The predicted molar refractivity (Wildman–Crippen MR) is 182 cm³/mol. The van der Waals surface area contributed by atoms with E-state index in [1.807, 2.05) is 33.9 Å². The van der Waals surface area contributed by atoms with Gasteiger partial charge in [0.2, 0.25) is 0 Å². The van der Waals surface area contributed by atoms with E-state index in [1.165, 1.54) is 33.4 Å². The molecule has 2 aliphatic heterocycles. The van der Waals surface area contributed by atoms with Crippen molar-refractivity contribution in [2.24, 2.45) is 0 Å². The van der Waals surface area contributed by atoms with Gasteiger partial charge < -0.3 is 10.2 Å². The van der Waals surface area contributed by atoms with E-state index in [0.29, 0.717) is 10.0 Å². The Morgan fingerprint density at radius 3 is 2.38 bits per heavy atom. The van der Waals surface area contributed by atoms with Crippen molar-refractivity contribution in [1.82, 2.24) is 10.3 Å². The smallest absolute Gasteiger partial charge is 0.147 e. The second kappa shape index (κ2) is 17.8. The number of halogens is 2. The van der Waals surface area contributed by atoms with E-state index in [4.69, 9.17) is 23.2 Å². The molecule has 5 rings (SSSR count). The molecule has 3 aliphatic rings. The lowest BCUT2D eigenvalue weighted by atomic mass is 9.87. The van der Waals surface area contributed by atoms with Crippen LogP contribution in [0.3, 0.4) is 0 Å². The lowest BCUT2D eigenvalue weighted by Crippen LogP contribution is -2.32. The zero-order valence-corrected chi connectivity index (χ0v) is 28.3. The molecule has 4 nitrogen and oxygen atoms in total. The highest BCUT2D eigenvalue weighted by molar-refractivity contribution is 6.36. The average Bonchev–Trinajstić information content (AvgIpc) is 3.45. The maximum absolute atomic E-state index is 9.32. The van der Waals surface area contributed by atoms with E-state index in [-0.39, 0.29) is 6.04 Å². The quantitative estimate of drug-likeness (QED) is 0.376. The maximum Gasteiger partial charge on any atom is 0.147 e. The Hall–Kier alpha value is -3.00. The molecule has 1 aromatic heterocycles. The summed E-state index contributed by atoms with van der Waals surface area (Å²) in [6.45, 7) is 18.6. The van der Waals surface area contributed by atoms with Crippen LogP contribution < -0.4 is 10.2 Å². The molecule has 0 amide bonds. The zero-order chi connectivity index (χ0) is 31.2. The molecule has 1 saturated heterocycles. The predicted octanol–water partition coefficient (Wildman–Crippen LogP) is 10.1. The van der Waals surface area contributed by atoms with E-state index < -0.39 is 0 Å². The van der Waals surface area contributed by atoms with Gasteiger partial charge in [0.05, 0.1) is 21.7 Å². The number of anilines is 1. The molecule has 0 bridgehead atoms. The molecule has 226 valence electrons. The van der Waals surface area contributed by atoms with Gasteiger partial charge >= 0.3 is 0 Å². The number of aryl methyl sites for hydroxylation is 2. The molecular formula is C36H48Cl2N4. The van der Waals surface area contributed by atoms with Gasteiger partial charge in [0.15, 0.2) is 0 Å². The largest absolute Gasteiger partial charge is 0.383 e. The number of nitrogens with one attached hydrogen (secondary N) is 1. The first-order valence-electron chi connectivity index (χ1n) is 15.5. The first-order valence-corrected chi connectivity index (χ1v) is 16.2. The van der Waals surface area contributed by atoms with Gasteiger partial charge in [-0.05, 0) is 97.1 Å². The van der Waals surface area contributed by atoms with E-state index >= 15 is 0 Å². The Bertz CT molecular complexity index is 1340. The average molecular weight is 608 g/mol. The van der Waals surface area contributed by atoms with Crippen LogP contribution >= 0.6 is 23.2 Å². The number of nitrogens with zero attached hydrogens (tertiary/aromatic N) is 3. The van der Waals surface area contributed by atoms with Crippen molar-refractivity contribution in [2.75, 3.05) is 18.0 Å². The van der Waals surface area contributed by atoms with Crippen LogP contribution in [0.2, 0.25) is 10.0 Å². The molecule has 1 fully saturated rings. The number of aromatic nitrogens is 1. The maximum atomic E-state index is 9.32. The number of pyridine rings is 1. The summed E-state index contributed by atoms with van der Waals surface area (Å²) < 4.78 is 0. The molecule has 0 spiro atoms. The fraction of sp³-hybridized carbons (Fsp3) is 0.444. The molecule has 3 heterocycles. The number of nitriles is 1. The van der Waals surface area contributed by atoms with Crippen molar-refractivity contribution in [3.63, 3.8) is 0 Å². The monoisotopic (exact) mass is 606 g/mol. The van der Waals surface area contributed by atoms with E-state index in [2.05, 4.69) is 79.3 Å². The lowest BCUT2D eigenvalue weighted by Gasteiger charge is -2.32. The van der Waals surface area contributed by atoms with Crippen LogP contribution in [-0.2, 0) is 12.8 Å². The Morgan fingerprint density at radius 1 is 1.12 bits per heavy atom. The normalized spacial score (nSPS) is 18.1. The molecule has 1 unspecified atom stereocenters. The minimum absolute atomic E-state index is 0.237. The van der Waals surface area contributed by atoms with E-state index in [9.17, 15) is 5.26 Å². The van der Waals surface area contributed by atoms with Gasteiger partial charge in [-0.25, -0.2) is 4.98 Å². The Labute approximate surface area is 264 Å². The van der Waals surface area contributed by atoms with E-state index in [0.717, 1.165) is 62.2 Å². The van der Waals surface area contributed by atoms with Crippen LogP contribution in [0.1, 0.15) is 84.4 Å². The zero-order valence-electron chi connectivity index (χ0n) is 26.7. The molecule has 42 heavy (non-hydrogen) atoms. The molecule has 2 aromatic rings. The van der Waals surface area contributed by atoms with Crippen LogP contribution in [0.25, 0.3) is 0 Å². The number of rotatable bonds is 4. The Balaban J connectivity index is 0.000000345. The third kappa shape index (κ3) is 8.76. The molecule has 1 N–H and O–H groups in total. The van der Waals surface area contributed by atoms with Gasteiger partial charge in [0, 0.05) is 25.5 Å². The minimum atomic E-state index is 0.237. The topological polar surface area (TPSA) is 52.0 Å². The van der Waals surface area contributed by atoms with Crippen molar-refractivity contribution >= 4 is 29.0 Å². The highest BCUT2D eigenvalue weighted by Crippen LogP contribution is 2.35. The summed E-state index contributed by atoms with van der Waals surface area (Å²) in [5, 5.41) is 13.7. The highest BCUT2D eigenvalue weighted by Gasteiger charge is 2.27. The van der Waals surface area contributed by atoms with Gasteiger partial charge in [-0.3, -0.25) is 0 Å². The van der Waals surface area contributed by atoms with Crippen LogP contribution in [0.4, 0.5) is 5.82 Å². The van der Waals surface area contributed by atoms with Crippen molar-refractivity contribution in [3.05, 3.63) is 103 Å². The van der Waals surface area contributed by atoms with Crippen molar-refractivity contribution in [2.45, 2.75) is 93.5 Å². The SMILES string of the molecule is C/C(C1=CCC2NC=C(C#N)C2=C1)=C1\CCCN(c2ncc(Cl)cc2Cl)C1.CC.CC.CCc1cccc(CC)c1C. The first-order chi connectivity index (χ1) is 20.4. The van der Waals surface area contributed by atoms with Crippen LogP contribution in [0.5, 0.6) is 0 Å². The second-order valence-electron chi connectivity index (χ2n) is 10.0. The third-order valence-electron chi connectivity index (χ3n) is 7.78. The number of hydrogen-bond acceptors (Lipinski definition) is 4. The number of benzene rings is 1.